The van der Waals surface area contributed by atoms with Gasteiger partial charge in [-0.05, 0) is 66.3 Å². The number of tetrazole rings is 1. The van der Waals surface area contributed by atoms with Crippen LogP contribution in [0, 0.1) is 18.6 Å². The van der Waals surface area contributed by atoms with Gasteiger partial charge in [-0.2, -0.15) is 8.99 Å². The molecule has 30 heavy (non-hydrogen) atoms. The first-order valence-corrected chi connectivity index (χ1v) is 11.6. The molecule has 8 nitrogen and oxygen atoms in total. The monoisotopic (exact) mass is 444 g/mol. The lowest BCUT2D eigenvalue weighted by atomic mass is 10.2. The molecule has 0 atom stereocenters. The van der Waals surface area contributed by atoms with Gasteiger partial charge in [0.1, 0.15) is 0 Å². The largest absolute Gasteiger partial charge is 0.282 e. The van der Waals surface area contributed by atoms with Gasteiger partial charge in [0.15, 0.2) is 0 Å². The van der Waals surface area contributed by atoms with E-state index in [-0.39, 0.29) is 0 Å². The summed E-state index contributed by atoms with van der Waals surface area (Å²) in [5.41, 5.74) is 3.03. The Labute approximate surface area is 181 Å². The predicted molar refractivity (Wildman–Crippen MR) is 116 cm³/mol. The summed E-state index contributed by atoms with van der Waals surface area (Å²) < 4.78 is 31.1. The zero-order valence-electron chi connectivity index (χ0n) is 17.0. The van der Waals surface area contributed by atoms with Crippen LogP contribution >= 0.6 is 12.2 Å². The van der Waals surface area contributed by atoms with Gasteiger partial charge in [-0.15, -0.1) is 0 Å². The topological polar surface area (TPSA) is 76.3 Å². The van der Waals surface area contributed by atoms with Crippen molar-refractivity contribution in [1.82, 2.24) is 29.0 Å². The fourth-order valence-electron chi connectivity index (χ4n) is 3.44. The van der Waals surface area contributed by atoms with Crippen LogP contribution in [0.5, 0.6) is 0 Å². The first kappa shape index (κ1) is 20.9. The molecule has 1 saturated heterocycles. The maximum atomic E-state index is 12.9. The predicted octanol–water partition coefficient (Wildman–Crippen LogP) is 2.38. The average molecular weight is 445 g/mol. The number of piperazine rings is 1. The molecule has 1 aliphatic rings. The van der Waals surface area contributed by atoms with E-state index in [0.717, 1.165) is 16.8 Å². The van der Waals surface area contributed by atoms with Gasteiger partial charge in [-0.1, -0.05) is 29.8 Å². The van der Waals surface area contributed by atoms with E-state index >= 15 is 0 Å². The van der Waals surface area contributed by atoms with E-state index < -0.39 is 10.0 Å². The smallest absolute Gasteiger partial charge is 0.243 e. The van der Waals surface area contributed by atoms with Gasteiger partial charge >= 0.3 is 0 Å². The van der Waals surface area contributed by atoms with E-state index in [0.29, 0.717) is 42.5 Å². The summed E-state index contributed by atoms with van der Waals surface area (Å²) in [7, 11) is -3.47. The molecule has 0 aliphatic carbocycles. The van der Waals surface area contributed by atoms with Gasteiger partial charge in [0.2, 0.25) is 14.8 Å². The minimum absolute atomic E-state index is 0.338. The van der Waals surface area contributed by atoms with E-state index in [1.807, 2.05) is 50.2 Å². The number of benzene rings is 2. The fraction of sp³-hybridized carbons (Fsp3) is 0.350. The number of aryl methyl sites for hydroxylation is 2. The fourth-order valence-corrected chi connectivity index (χ4v) is 5.10. The number of hydrogen-bond donors (Lipinski definition) is 0. The van der Waals surface area contributed by atoms with Crippen LogP contribution in [0.2, 0.25) is 0 Å². The van der Waals surface area contributed by atoms with Crippen LogP contribution < -0.4 is 0 Å². The molecule has 3 aromatic rings. The molecule has 0 amide bonds. The molecule has 1 fully saturated rings. The Kier molecular flexibility index (Phi) is 5.83. The molecule has 0 saturated carbocycles. The summed E-state index contributed by atoms with van der Waals surface area (Å²) in [5, 5.41) is 8.38. The maximum Gasteiger partial charge on any atom is 0.243 e. The number of sulfonamides is 1. The third-order valence-electron chi connectivity index (χ3n) is 5.21. The molecule has 2 aromatic carbocycles. The van der Waals surface area contributed by atoms with E-state index in [1.54, 1.807) is 21.5 Å². The summed E-state index contributed by atoms with van der Waals surface area (Å²) in [4.78, 5) is 2.47. The molecule has 2 heterocycles. The van der Waals surface area contributed by atoms with Crippen LogP contribution in [0.15, 0.2) is 53.4 Å². The van der Waals surface area contributed by atoms with Crippen LogP contribution in [-0.4, -0.2) is 63.6 Å². The SMILES string of the molecule is Cc1ccc(S(=O)(=O)N2CCN(Cn3nnn(-c4cccc(C)c4)c3=S)CC2)cc1. The molecule has 158 valence electrons. The van der Waals surface area contributed by atoms with Crippen molar-refractivity contribution < 1.29 is 8.42 Å². The first-order valence-electron chi connectivity index (χ1n) is 9.74. The molecule has 0 spiro atoms. The minimum Gasteiger partial charge on any atom is -0.282 e. The van der Waals surface area contributed by atoms with Gasteiger partial charge in [0.05, 0.1) is 17.3 Å². The summed E-state index contributed by atoms with van der Waals surface area (Å²) in [6.45, 7) is 6.49. The third-order valence-corrected chi connectivity index (χ3v) is 7.51. The van der Waals surface area contributed by atoms with Crippen molar-refractivity contribution >= 4 is 22.2 Å². The Hall–Kier alpha value is -2.40. The first-order chi connectivity index (χ1) is 14.3. The highest BCUT2D eigenvalue weighted by atomic mass is 32.2. The standard InChI is InChI=1S/C20H24N6O2S2/c1-16-6-8-19(9-7-16)30(27,28)24-12-10-23(11-13-24)15-25-20(29)26(22-21-25)18-5-3-4-17(2)14-18/h3-9,14H,10-13,15H2,1-2H3. The quantitative estimate of drug-likeness (QED) is 0.563. The molecule has 0 radical (unpaired) electrons. The van der Waals surface area contributed by atoms with Crippen LogP contribution in [-0.2, 0) is 16.7 Å². The van der Waals surface area contributed by atoms with Crippen molar-refractivity contribution in [2.24, 2.45) is 0 Å². The summed E-state index contributed by atoms with van der Waals surface area (Å²) >= 11 is 5.54. The highest BCUT2D eigenvalue weighted by Gasteiger charge is 2.28. The van der Waals surface area contributed by atoms with E-state index in [4.69, 9.17) is 12.2 Å². The van der Waals surface area contributed by atoms with Crippen molar-refractivity contribution in [2.75, 3.05) is 26.2 Å². The molecular weight excluding hydrogens is 420 g/mol. The Morgan fingerprint density at radius 3 is 2.30 bits per heavy atom. The molecule has 0 N–H and O–H groups in total. The van der Waals surface area contributed by atoms with Crippen molar-refractivity contribution in [3.63, 3.8) is 0 Å². The van der Waals surface area contributed by atoms with Gasteiger partial charge < -0.3 is 0 Å². The Bertz CT molecular complexity index is 1190. The highest BCUT2D eigenvalue weighted by molar-refractivity contribution is 7.89. The Balaban J connectivity index is 1.42. The number of rotatable bonds is 5. The number of hydrogen-bond acceptors (Lipinski definition) is 6. The molecule has 1 aliphatic heterocycles. The van der Waals surface area contributed by atoms with Gasteiger partial charge in [-0.25, -0.2) is 13.1 Å². The lowest BCUT2D eigenvalue weighted by Crippen LogP contribution is -2.48. The van der Waals surface area contributed by atoms with Crippen LogP contribution in [0.25, 0.3) is 5.69 Å². The molecule has 10 heteroatoms. The lowest BCUT2D eigenvalue weighted by molar-refractivity contribution is 0.144. The second-order valence-corrected chi connectivity index (χ2v) is 9.79. The second-order valence-electron chi connectivity index (χ2n) is 7.49. The molecular formula is C20H24N6O2S2. The van der Waals surface area contributed by atoms with Gasteiger partial charge in [-0.3, -0.25) is 4.90 Å². The normalized spacial score (nSPS) is 16.1. The van der Waals surface area contributed by atoms with Crippen LogP contribution in [0.1, 0.15) is 11.1 Å². The summed E-state index contributed by atoms with van der Waals surface area (Å²) in [6.07, 6.45) is 0. The number of nitrogens with zero attached hydrogens (tertiary/aromatic N) is 6. The Morgan fingerprint density at radius 2 is 1.63 bits per heavy atom. The average Bonchev–Trinajstić information content (AvgIpc) is 3.09. The van der Waals surface area contributed by atoms with Gasteiger partial charge in [0, 0.05) is 26.2 Å². The summed E-state index contributed by atoms with van der Waals surface area (Å²) in [5.74, 6) is 0. The highest BCUT2D eigenvalue weighted by Crippen LogP contribution is 2.18. The van der Waals surface area contributed by atoms with Crippen molar-refractivity contribution in [2.45, 2.75) is 25.4 Å². The molecule has 0 bridgehead atoms. The minimum atomic E-state index is -3.47. The molecule has 4 rings (SSSR count). The van der Waals surface area contributed by atoms with Crippen molar-refractivity contribution in [3.05, 3.63) is 64.4 Å². The van der Waals surface area contributed by atoms with Crippen molar-refractivity contribution in [1.29, 1.82) is 0 Å². The van der Waals surface area contributed by atoms with Gasteiger partial charge in [0.25, 0.3) is 0 Å². The lowest BCUT2D eigenvalue weighted by Gasteiger charge is -2.33. The zero-order valence-corrected chi connectivity index (χ0v) is 18.6. The van der Waals surface area contributed by atoms with Crippen LogP contribution in [0.3, 0.4) is 0 Å². The number of aromatic nitrogens is 4. The van der Waals surface area contributed by atoms with Crippen molar-refractivity contribution in [3.8, 4) is 5.69 Å². The zero-order chi connectivity index (χ0) is 21.3. The van der Waals surface area contributed by atoms with Crippen LogP contribution in [0.4, 0.5) is 0 Å². The maximum absolute atomic E-state index is 12.9. The Morgan fingerprint density at radius 1 is 0.933 bits per heavy atom. The summed E-state index contributed by atoms with van der Waals surface area (Å²) in [6, 6.07) is 14.9. The van der Waals surface area contributed by atoms with E-state index in [1.165, 1.54) is 4.31 Å². The molecule has 1 aromatic heterocycles. The molecule has 0 unspecified atom stereocenters. The van der Waals surface area contributed by atoms with E-state index in [2.05, 4.69) is 15.3 Å². The third kappa shape index (κ3) is 4.22. The van der Waals surface area contributed by atoms with E-state index in [9.17, 15) is 8.42 Å². The second kappa shape index (κ2) is 8.38.